The Morgan fingerprint density at radius 1 is 1.33 bits per heavy atom. The summed E-state index contributed by atoms with van der Waals surface area (Å²) < 4.78 is 18.8. The minimum atomic E-state index is -0.185. The smallest absolute Gasteiger partial charge is 0.128 e. The Morgan fingerprint density at radius 3 is 2.83 bits per heavy atom. The highest BCUT2D eigenvalue weighted by molar-refractivity contribution is 5.16. The van der Waals surface area contributed by atoms with Crippen molar-refractivity contribution in [2.24, 2.45) is 0 Å². The number of benzene rings is 1. The van der Waals surface area contributed by atoms with E-state index in [9.17, 15) is 4.39 Å². The van der Waals surface area contributed by atoms with Crippen LogP contribution in [0, 0.1) is 5.82 Å². The quantitative estimate of drug-likeness (QED) is 0.680. The molecule has 0 aromatic heterocycles. The first-order chi connectivity index (χ1) is 8.74. The monoisotopic (exact) mass is 253 g/mol. The van der Waals surface area contributed by atoms with E-state index < -0.39 is 0 Å². The fourth-order valence-corrected chi connectivity index (χ4v) is 1.78. The molecule has 2 nitrogen and oxygen atoms in total. The molecule has 1 rings (SSSR count). The van der Waals surface area contributed by atoms with Gasteiger partial charge in [-0.05, 0) is 38.8 Å². The van der Waals surface area contributed by atoms with Crippen LogP contribution in [0.1, 0.15) is 38.7 Å². The Hall–Kier alpha value is -0.930. The summed E-state index contributed by atoms with van der Waals surface area (Å²) in [5.74, 6) is -0.185. The van der Waals surface area contributed by atoms with Crippen LogP contribution in [0.15, 0.2) is 24.3 Å². The second-order valence-corrected chi connectivity index (χ2v) is 4.64. The maximum absolute atomic E-state index is 13.3. The number of hydrogen-bond acceptors (Lipinski definition) is 2. The molecule has 0 radical (unpaired) electrons. The summed E-state index contributed by atoms with van der Waals surface area (Å²) in [6.45, 7) is 6.47. The highest BCUT2D eigenvalue weighted by Crippen LogP contribution is 2.08. The highest BCUT2D eigenvalue weighted by atomic mass is 19.1. The van der Waals surface area contributed by atoms with Crippen molar-refractivity contribution >= 4 is 0 Å². The number of nitrogens with one attached hydrogen (secondary N) is 1. The van der Waals surface area contributed by atoms with E-state index >= 15 is 0 Å². The first-order valence-electron chi connectivity index (χ1n) is 6.78. The Labute approximate surface area is 110 Å². The molecule has 1 aromatic rings. The van der Waals surface area contributed by atoms with Gasteiger partial charge in [0.15, 0.2) is 0 Å². The SMILES string of the molecule is CCCNC(C)CCCOCc1ccccc1F. The fourth-order valence-electron chi connectivity index (χ4n) is 1.78. The summed E-state index contributed by atoms with van der Waals surface area (Å²) in [4.78, 5) is 0. The largest absolute Gasteiger partial charge is 0.377 e. The van der Waals surface area contributed by atoms with Crippen molar-refractivity contribution < 1.29 is 9.13 Å². The molecule has 0 spiro atoms. The fraction of sp³-hybridized carbons (Fsp3) is 0.600. The third-order valence-electron chi connectivity index (χ3n) is 2.88. The van der Waals surface area contributed by atoms with Crippen LogP contribution >= 0.6 is 0 Å². The van der Waals surface area contributed by atoms with Gasteiger partial charge in [0.1, 0.15) is 5.82 Å². The minimum Gasteiger partial charge on any atom is -0.377 e. The van der Waals surface area contributed by atoms with Gasteiger partial charge in [0.2, 0.25) is 0 Å². The summed E-state index contributed by atoms with van der Waals surface area (Å²) in [6, 6.07) is 7.29. The second-order valence-electron chi connectivity index (χ2n) is 4.64. The van der Waals surface area contributed by atoms with Crippen LogP contribution in [-0.2, 0) is 11.3 Å². The standard InChI is InChI=1S/C15H24FNO/c1-3-10-17-13(2)7-6-11-18-12-14-8-4-5-9-15(14)16/h4-5,8-9,13,17H,3,6-7,10-12H2,1-2H3. The summed E-state index contributed by atoms with van der Waals surface area (Å²) in [5.41, 5.74) is 0.634. The summed E-state index contributed by atoms with van der Waals surface area (Å²) in [6.07, 6.45) is 3.26. The van der Waals surface area contributed by atoms with Gasteiger partial charge in [-0.3, -0.25) is 0 Å². The van der Waals surface area contributed by atoms with Crippen LogP contribution in [0.4, 0.5) is 4.39 Å². The lowest BCUT2D eigenvalue weighted by molar-refractivity contribution is 0.113. The Kier molecular flexibility index (Phi) is 7.62. The van der Waals surface area contributed by atoms with Crippen molar-refractivity contribution in [1.82, 2.24) is 5.32 Å². The molecule has 0 saturated heterocycles. The summed E-state index contributed by atoms with van der Waals surface area (Å²) >= 11 is 0. The zero-order valence-corrected chi connectivity index (χ0v) is 11.4. The minimum absolute atomic E-state index is 0.185. The van der Waals surface area contributed by atoms with E-state index in [1.807, 2.05) is 6.07 Å². The van der Waals surface area contributed by atoms with Crippen LogP contribution < -0.4 is 5.32 Å². The van der Waals surface area contributed by atoms with Gasteiger partial charge in [0.25, 0.3) is 0 Å². The van der Waals surface area contributed by atoms with Crippen LogP contribution in [0.2, 0.25) is 0 Å². The predicted octanol–water partition coefficient (Wildman–Crippen LogP) is 3.51. The van der Waals surface area contributed by atoms with E-state index in [-0.39, 0.29) is 5.82 Å². The van der Waals surface area contributed by atoms with Gasteiger partial charge >= 0.3 is 0 Å². The van der Waals surface area contributed by atoms with Gasteiger partial charge in [-0.15, -0.1) is 0 Å². The maximum atomic E-state index is 13.3. The lowest BCUT2D eigenvalue weighted by Crippen LogP contribution is -2.26. The molecule has 3 heteroatoms. The van der Waals surface area contributed by atoms with E-state index in [0.717, 1.165) is 25.8 Å². The molecule has 1 unspecified atom stereocenters. The van der Waals surface area contributed by atoms with Gasteiger partial charge in [-0.25, -0.2) is 4.39 Å². The van der Waals surface area contributed by atoms with Gasteiger partial charge in [-0.2, -0.15) is 0 Å². The molecule has 0 saturated carbocycles. The van der Waals surface area contributed by atoms with E-state index in [4.69, 9.17) is 4.74 Å². The van der Waals surface area contributed by atoms with E-state index in [1.54, 1.807) is 12.1 Å². The van der Waals surface area contributed by atoms with Gasteiger partial charge in [0, 0.05) is 18.2 Å². The third kappa shape index (κ3) is 6.12. The normalized spacial score (nSPS) is 12.6. The van der Waals surface area contributed by atoms with Crippen molar-refractivity contribution in [3.8, 4) is 0 Å². The average Bonchev–Trinajstić information content (AvgIpc) is 2.38. The molecule has 1 atom stereocenters. The third-order valence-corrected chi connectivity index (χ3v) is 2.88. The first kappa shape index (κ1) is 15.1. The molecule has 0 aliphatic rings. The molecular formula is C15H24FNO. The highest BCUT2D eigenvalue weighted by Gasteiger charge is 2.02. The van der Waals surface area contributed by atoms with Crippen LogP contribution in [-0.4, -0.2) is 19.2 Å². The van der Waals surface area contributed by atoms with E-state index in [1.165, 1.54) is 6.07 Å². The van der Waals surface area contributed by atoms with Crippen LogP contribution in [0.5, 0.6) is 0 Å². The molecule has 1 N–H and O–H groups in total. The molecule has 0 heterocycles. The van der Waals surface area contributed by atoms with E-state index in [0.29, 0.717) is 24.8 Å². The topological polar surface area (TPSA) is 21.3 Å². The Morgan fingerprint density at radius 2 is 2.11 bits per heavy atom. The average molecular weight is 253 g/mol. The Balaban J connectivity index is 2.07. The van der Waals surface area contributed by atoms with Gasteiger partial charge in [-0.1, -0.05) is 25.1 Å². The Bertz CT molecular complexity index is 330. The number of halogens is 1. The van der Waals surface area contributed by atoms with Crippen molar-refractivity contribution in [2.75, 3.05) is 13.2 Å². The molecule has 18 heavy (non-hydrogen) atoms. The van der Waals surface area contributed by atoms with Crippen molar-refractivity contribution in [1.29, 1.82) is 0 Å². The maximum Gasteiger partial charge on any atom is 0.128 e. The molecule has 1 aromatic carbocycles. The van der Waals surface area contributed by atoms with Crippen molar-refractivity contribution in [3.63, 3.8) is 0 Å². The zero-order chi connectivity index (χ0) is 13.2. The molecular weight excluding hydrogens is 229 g/mol. The van der Waals surface area contributed by atoms with Gasteiger partial charge < -0.3 is 10.1 Å². The number of ether oxygens (including phenoxy) is 1. The van der Waals surface area contributed by atoms with Crippen molar-refractivity contribution in [3.05, 3.63) is 35.6 Å². The van der Waals surface area contributed by atoms with Crippen molar-refractivity contribution in [2.45, 2.75) is 45.8 Å². The molecule has 0 aliphatic carbocycles. The molecule has 102 valence electrons. The van der Waals surface area contributed by atoms with Gasteiger partial charge in [0.05, 0.1) is 6.61 Å². The van der Waals surface area contributed by atoms with Crippen LogP contribution in [0.3, 0.4) is 0 Å². The summed E-state index contributed by atoms with van der Waals surface area (Å²) in [7, 11) is 0. The van der Waals surface area contributed by atoms with E-state index in [2.05, 4.69) is 19.2 Å². The number of hydrogen-bond donors (Lipinski definition) is 1. The lowest BCUT2D eigenvalue weighted by atomic mass is 10.2. The molecule has 0 bridgehead atoms. The number of rotatable bonds is 9. The second kappa shape index (κ2) is 9.06. The summed E-state index contributed by atoms with van der Waals surface area (Å²) in [5, 5.41) is 3.43. The zero-order valence-electron chi connectivity index (χ0n) is 11.4. The molecule has 0 fully saturated rings. The first-order valence-corrected chi connectivity index (χ1v) is 6.78. The molecule has 0 amide bonds. The van der Waals surface area contributed by atoms with Crippen LogP contribution in [0.25, 0.3) is 0 Å². The lowest BCUT2D eigenvalue weighted by Gasteiger charge is -2.12. The molecule has 0 aliphatic heterocycles. The predicted molar refractivity (Wildman–Crippen MR) is 73.0 cm³/mol.